The van der Waals surface area contributed by atoms with E-state index >= 15 is 0 Å². The van der Waals surface area contributed by atoms with Gasteiger partial charge in [0.25, 0.3) is 0 Å². The zero-order valence-electron chi connectivity index (χ0n) is 12.6. The van der Waals surface area contributed by atoms with Gasteiger partial charge in [0, 0.05) is 43.2 Å². The molecule has 0 fully saturated rings. The summed E-state index contributed by atoms with van der Waals surface area (Å²) in [6.07, 6.45) is 0.893. The van der Waals surface area contributed by atoms with Gasteiger partial charge in [-0.05, 0) is 31.5 Å². The van der Waals surface area contributed by atoms with Gasteiger partial charge in [-0.15, -0.1) is 0 Å². The number of hydrogen-bond donors (Lipinski definition) is 1. The fraction of sp³-hybridized carbons (Fsp3) is 0.438. The van der Waals surface area contributed by atoms with Gasteiger partial charge < -0.3 is 19.9 Å². The molecule has 0 amide bonds. The van der Waals surface area contributed by atoms with Gasteiger partial charge in [-0.2, -0.15) is 0 Å². The quantitative estimate of drug-likeness (QED) is 0.598. The maximum Gasteiger partial charge on any atom is 0.130 e. The van der Waals surface area contributed by atoms with E-state index in [1.165, 1.54) is 0 Å². The summed E-state index contributed by atoms with van der Waals surface area (Å²) in [6.45, 7) is 4.40. The Morgan fingerprint density at radius 3 is 2.76 bits per heavy atom. The number of methoxy groups -OCH3 is 1. The third-order valence-corrected chi connectivity index (χ3v) is 3.05. The summed E-state index contributed by atoms with van der Waals surface area (Å²) in [5.41, 5.74) is 8.35. The molecular formula is C16H22N2O3. The molecule has 5 heteroatoms. The molecule has 21 heavy (non-hydrogen) atoms. The van der Waals surface area contributed by atoms with Crippen molar-refractivity contribution in [3.63, 3.8) is 0 Å². The molecule has 1 aromatic carbocycles. The average Bonchev–Trinajstić information content (AvgIpc) is 2.47. The highest BCUT2D eigenvalue weighted by atomic mass is 16.5. The van der Waals surface area contributed by atoms with E-state index in [1.54, 1.807) is 7.11 Å². The summed E-state index contributed by atoms with van der Waals surface area (Å²) in [5, 5.41) is 0.931. The number of nitrogens with zero attached hydrogens (tertiary/aromatic N) is 1. The minimum atomic E-state index is 0.500. The van der Waals surface area contributed by atoms with Crippen LogP contribution in [0.3, 0.4) is 0 Å². The van der Waals surface area contributed by atoms with Crippen LogP contribution in [0.2, 0.25) is 0 Å². The molecule has 0 saturated carbocycles. The number of hydrogen-bond acceptors (Lipinski definition) is 5. The van der Waals surface area contributed by atoms with Gasteiger partial charge in [-0.25, -0.2) is 0 Å². The SMILES string of the molecule is COCCCOCCOc1cc(C)nc2ccc(N)cc12. The second-order valence-electron chi connectivity index (χ2n) is 4.85. The smallest absolute Gasteiger partial charge is 0.130 e. The van der Waals surface area contributed by atoms with Crippen molar-refractivity contribution in [2.45, 2.75) is 13.3 Å². The zero-order valence-corrected chi connectivity index (χ0v) is 12.6. The number of benzene rings is 1. The van der Waals surface area contributed by atoms with Crippen molar-refractivity contribution < 1.29 is 14.2 Å². The second kappa shape index (κ2) is 7.81. The Hall–Kier alpha value is -1.85. The van der Waals surface area contributed by atoms with E-state index in [1.807, 2.05) is 31.2 Å². The van der Waals surface area contributed by atoms with Gasteiger partial charge in [-0.3, -0.25) is 4.98 Å². The summed E-state index contributed by atoms with van der Waals surface area (Å²) in [5.74, 6) is 0.797. The van der Waals surface area contributed by atoms with E-state index in [0.717, 1.165) is 28.8 Å². The Balaban J connectivity index is 1.93. The molecule has 0 radical (unpaired) electrons. The lowest BCUT2D eigenvalue weighted by Crippen LogP contribution is -2.09. The van der Waals surface area contributed by atoms with Crippen molar-refractivity contribution in [3.05, 3.63) is 30.0 Å². The Labute approximate surface area is 125 Å². The molecule has 0 saturated heterocycles. The van der Waals surface area contributed by atoms with Gasteiger partial charge in [0.15, 0.2) is 0 Å². The number of rotatable bonds is 8. The lowest BCUT2D eigenvalue weighted by molar-refractivity contribution is 0.0810. The van der Waals surface area contributed by atoms with Gasteiger partial charge in [0.2, 0.25) is 0 Å². The molecular weight excluding hydrogens is 268 g/mol. The van der Waals surface area contributed by atoms with Crippen LogP contribution in [0, 0.1) is 6.92 Å². The van der Waals surface area contributed by atoms with Crippen molar-refractivity contribution in [1.82, 2.24) is 4.98 Å². The molecule has 0 aliphatic rings. The summed E-state index contributed by atoms with van der Waals surface area (Å²) in [7, 11) is 1.69. The highest BCUT2D eigenvalue weighted by Crippen LogP contribution is 2.27. The van der Waals surface area contributed by atoms with Crippen LogP contribution in [-0.4, -0.2) is 38.5 Å². The van der Waals surface area contributed by atoms with Crippen LogP contribution in [0.15, 0.2) is 24.3 Å². The Morgan fingerprint density at radius 2 is 1.95 bits per heavy atom. The molecule has 5 nitrogen and oxygen atoms in total. The standard InChI is InChI=1S/C16H22N2O3/c1-12-10-16(21-9-8-20-7-3-6-19-2)14-11-13(17)4-5-15(14)18-12/h4-5,10-11H,3,6-9,17H2,1-2H3. The van der Waals surface area contributed by atoms with E-state index in [-0.39, 0.29) is 0 Å². The third kappa shape index (κ3) is 4.58. The number of pyridine rings is 1. The van der Waals surface area contributed by atoms with E-state index in [0.29, 0.717) is 32.1 Å². The summed E-state index contributed by atoms with van der Waals surface area (Å²) in [6, 6.07) is 7.56. The van der Waals surface area contributed by atoms with Crippen LogP contribution in [0.1, 0.15) is 12.1 Å². The minimum absolute atomic E-state index is 0.500. The zero-order chi connectivity index (χ0) is 15.1. The monoisotopic (exact) mass is 290 g/mol. The minimum Gasteiger partial charge on any atom is -0.490 e. The number of anilines is 1. The molecule has 0 bridgehead atoms. The van der Waals surface area contributed by atoms with E-state index in [2.05, 4.69) is 4.98 Å². The van der Waals surface area contributed by atoms with E-state index in [9.17, 15) is 0 Å². The number of aryl methyl sites for hydroxylation is 1. The molecule has 1 aromatic heterocycles. The van der Waals surface area contributed by atoms with Gasteiger partial charge in [-0.1, -0.05) is 0 Å². The predicted molar refractivity (Wildman–Crippen MR) is 83.7 cm³/mol. The van der Waals surface area contributed by atoms with Crippen molar-refractivity contribution in [1.29, 1.82) is 0 Å². The summed E-state index contributed by atoms with van der Waals surface area (Å²) < 4.78 is 16.2. The van der Waals surface area contributed by atoms with Crippen LogP contribution in [-0.2, 0) is 9.47 Å². The molecule has 2 N–H and O–H groups in total. The lowest BCUT2D eigenvalue weighted by atomic mass is 10.1. The lowest BCUT2D eigenvalue weighted by Gasteiger charge is -2.11. The van der Waals surface area contributed by atoms with Crippen molar-refractivity contribution >= 4 is 16.6 Å². The Kier molecular flexibility index (Phi) is 5.78. The van der Waals surface area contributed by atoms with Crippen LogP contribution < -0.4 is 10.5 Å². The Morgan fingerprint density at radius 1 is 1.10 bits per heavy atom. The first kappa shape index (κ1) is 15.5. The fourth-order valence-electron chi connectivity index (χ4n) is 2.08. The van der Waals surface area contributed by atoms with Gasteiger partial charge >= 0.3 is 0 Å². The molecule has 2 aromatic rings. The molecule has 0 unspecified atom stereocenters. The maximum atomic E-state index is 5.83. The van der Waals surface area contributed by atoms with Crippen LogP contribution in [0.25, 0.3) is 10.9 Å². The topological polar surface area (TPSA) is 66.6 Å². The van der Waals surface area contributed by atoms with E-state index < -0.39 is 0 Å². The first-order valence-electron chi connectivity index (χ1n) is 7.07. The molecule has 114 valence electrons. The Bertz CT molecular complexity index is 587. The third-order valence-electron chi connectivity index (χ3n) is 3.05. The van der Waals surface area contributed by atoms with E-state index in [4.69, 9.17) is 19.9 Å². The average molecular weight is 290 g/mol. The first-order valence-corrected chi connectivity index (χ1v) is 7.07. The number of nitrogens with two attached hydrogens (primary N) is 1. The number of ether oxygens (including phenoxy) is 3. The number of fused-ring (bicyclic) bond motifs is 1. The van der Waals surface area contributed by atoms with Crippen molar-refractivity contribution in [2.75, 3.05) is 39.3 Å². The van der Waals surface area contributed by atoms with Crippen molar-refractivity contribution in [2.24, 2.45) is 0 Å². The second-order valence-corrected chi connectivity index (χ2v) is 4.85. The number of aromatic nitrogens is 1. The van der Waals surface area contributed by atoms with Crippen molar-refractivity contribution in [3.8, 4) is 5.75 Å². The molecule has 0 aliphatic carbocycles. The molecule has 0 spiro atoms. The summed E-state index contributed by atoms with van der Waals surface area (Å²) in [4.78, 5) is 4.47. The van der Waals surface area contributed by atoms with Crippen LogP contribution in [0.4, 0.5) is 5.69 Å². The van der Waals surface area contributed by atoms with Gasteiger partial charge in [0.05, 0.1) is 12.1 Å². The van der Waals surface area contributed by atoms with Crippen LogP contribution in [0.5, 0.6) is 5.75 Å². The molecule has 0 aliphatic heterocycles. The summed E-state index contributed by atoms with van der Waals surface area (Å²) >= 11 is 0. The highest BCUT2D eigenvalue weighted by molar-refractivity contribution is 5.87. The molecule has 0 atom stereocenters. The maximum absolute atomic E-state index is 5.83. The largest absolute Gasteiger partial charge is 0.490 e. The molecule has 1 heterocycles. The fourth-order valence-corrected chi connectivity index (χ4v) is 2.08. The normalized spacial score (nSPS) is 11.0. The van der Waals surface area contributed by atoms with Gasteiger partial charge in [0.1, 0.15) is 12.4 Å². The molecule has 2 rings (SSSR count). The van der Waals surface area contributed by atoms with Crippen LogP contribution >= 0.6 is 0 Å². The number of nitrogen functional groups attached to an aromatic ring is 1. The highest BCUT2D eigenvalue weighted by Gasteiger charge is 2.06. The predicted octanol–water partition coefficient (Wildman–Crippen LogP) is 2.56. The first-order chi connectivity index (χ1) is 10.2.